The molecule has 0 N–H and O–H groups in total. The number of hydrogen-bond donors (Lipinski definition) is 0. The summed E-state index contributed by atoms with van der Waals surface area (Å²) in [6.07, 6.45) is 0. The van der Waals surface area contributed by atoms with E-state index < -0.39 is 0 Å². The lowest BCUT2D eigenvalue weighted by Crippen LogP contribution is -1.87. The van der Waals surface area contributed by atoms with Crippen molar-refractivity contribution in [2.75, 3.05) is 5.52 Å². The van der Waals surface area contributed by atoms with E-state index in [1.807, 2.05) is 6.07 Å². The Morgan fingerprint density at radius 1 is 1.36 bits per heavy atom. The molecule has 56 valence electrons. The summed E-state index contributed by atoms with van der Waals surface area (Å²) >= 11 is 3.13. The minimum atomic E-state index is 0.471. The van der Waals surface area contributed by atoms with Crippen molar-refractivity contribution >= 4 is 15.9 Å². The van der Waals surface area contributed by atoms with Crippen LogP contribution >= 0.6 is 15.9 Å². The highest BCUT2D eigenvalue weighted by molar-refractivity contribution is 9.09. The van der Waals surface area contributed by atoms with Gasteiger partial charge in [-0.3, -0.25) is 0 Å². The number of rotatable bonds is 2. The molecular formula is C8H6BrNO. The Hall–Kier alpha value is -1.01. The Morgan fingerprint density at radius 3 is 2.45 bits per heavy atom. The molecule has 0 radical (unpaired) electrons. The van der Waals surface area contributed by atoms with Crippen molar-refractivity contribution in [2.24, 2.45) is 0 Å². The van der Waals surface area contributed by atoms with Gasteiger partial charge in [-0.2, -0.15) is 5.26 Å². The topological polar surface area (TPSA) is 33.0 Å². The predicted molar refractivity (Wildman–Crippen MR) is 45.6 cm³/mol. The molecule has 0 aromatic heterocycles. The van der Waals surface area contributed by atoms with Crippen molar-refractivity contribution in [3.05, 3.63) is 29.8 Å². The summed E-state index contributed by atoms with van der Waals surface area (Å²) in [6.45, 7) is 0. The predicted octanol–water partition coefficient (Wildman–Crippen LogP) is 2.29. The molecule has 1 aromatic carbocycles. The van der Waals surface area contributed by atoms with Gasteiger partial charge in [0.1, 0.15) is 11.3 Å². The third-order valence-electron chi connectivity index (χ3n) is 1.20. The first kappa shape index (κ1) is 8.09. The van der Waals surface area contributed by atoms with Crippen molar-refractivity contribution in [2.45, 2.75) is 0 Å². The monoisotopic (exact) mass is 211 g/mol. The molecule has 0 heterocycles. The Kier molecular flexibility index (Phi) is 2.94. The molecule has 0 atom stereocenters. The van der Waals surface area contributed by atoms with E-state index >= 15 is 0 Å². The summed E-state index contributed by atoms with van der Waals surface area (Å²) in [5.74, 6) is 0.765. The van der Waals surface area contributed by atoms with Crippen molar-refractivity contribution in [1.29, 1.82) is 5.26 Å². The van der Waals surface area contributed by atoms with Crippen LogP contribution in [-0.4, -0.2) is 5.52 Å². The van der Waals surface area contributed by atoms with Gasteiger partial charge < -0.3 is 4.74 Å². The number of nitrogens with zero attached hydrogens (tertiary/aromatic N) is 1. The molecule has 11 heavy (non-hydrogen) atoms. The minimum absolute atomic E-state index is 0.471. The molecule has 0 unspecified atom stereocenters. The number of ether oxygens (including phenoxy) is 1. The average Bonchev–Trinajstić information content (AvgIpc) is 2.07. The number of halogens is 1. The van der Waals surface area contributed by atoms with Crippen LogP contribution in [0, 0.1) is 11.3 Å². The molecule has 0 amide bonds. The van der Waals surface area contributed by atoms with Gasteiger partial charge in [0, 0.05) is 0 Å². The molecule has 0 saturated carbocycles. The fourth-order valence-electron chi connectivity index (χ4n) is 0.689. The summed E-state index contributed by atoms with van der Waals surface area (Å²) in [5, 5.41) is 8.46. The first-order valence-electron chi connectivity index (χ1n) is 3.06. The molecule has 0 saturated heterocycles. The Bertz CT molecular complexity index is 262. The maximum absolute atomic E-state index is 8.46. The summed E-state index contributed by atoms with van der Waals surface area (Å²) < 4.78 is 5.11. The Morgan fingerprint density at radius 2 is 2.00 bits per heavy atom. The third-order valence-corrected chi connectivity index (χ3v) is 1.43. The molecule has 0 fully saturated rings. The minimum Gasteiger partial charge on any atom is -0.482 e. The van der Waals surface area contributed by atoms with E-state index in [0.29, 0.717) is 11.1 Å². The van der Waals surface area contributed by atoms with Gasteiger partial charge in [0.2, 0.25) is 0 Å². The molecule has 0 bridgehead atoms. The Balaban J connectivity index is 2.76. The van der Waals surface area contributed by atoms with Crippen molar-refractivity contribution in [1.82, 2.24) is 0 Å². The summed E-state index contributed by atoms with van der Waals surface area (Å²) in [7, 11) is 0. The van der Waals surface area contributed by atoms with Gasteiger partial charge in [-0.15, -0.1) is 0 Å². The van der Waals surface area contributed by atoms with Gasteiger partial charge in [-0.25, -0.2) is 0 Å². The SMILES string of the molecule is N#Cc1ccc(OCBr)cc1. The molecular weight excluding hydrogens is 206 g/mol. The van der Waals surface area contributed by atoms with Crippen molar-refractivity contribution in [3.63, 3.8) is 0 Å². The van der Waals surface area contributed by atoms with Gasteiger partial charge in [0.25, 0.3) is 0 Å². The van der Waals surface area contributed by atoms with Crippen LogP contribution in [0.4, 0.5) is 0 Å². The quantitative estimate of drug-likeness (QED) is 0.704. The van der Waals surface area contributed by atoms with Crippen molar-refractivity contribution in [3.8, 4) is 11.8 Å². The average molecular weight is 212 g/mol. The second kappa shape index (κ2) is 3.99. The second-order valence-corrected chi connectivity index (χ2v) is 2.35. The maximum Gasteiger partial charge on any atom is 0.143 e. The molecule has 0 aliphatic rings. The van der Waals surface area contributed by atoms with E-state index in [2.05, 4.69) is 15.9 Å². The molecule has 1 rings (SSSR count). The maximum atomic E-state index is 8.46. The zero-order valence-electron chi connectivity index (χ0n) is 5.75. The lowest BCUT2D eigenvalue weighted by molar-refractivity contribution is 0.398. The first-order chi connectivity index (χ1) is 5.36. The summed E-state index contributed by atoms with van der Waals surface area (Å²) in [6, 6.07) is 9.00. The molecule has 3 heteroatoms. The lowest BCUT2D eigenvalue weighted by Gasteiger charge is -1.99. The zero-order chi connectivity index (χ0) is 8.10. The van der Waals surface area contributed by atoms with Gasteiger partial charge in [-0.1, -0.05) is 0 Å². The van der Waals surface area contributed by atoms with Gasteiger partial charge in [0.05, 0.1) is 11.6 Å². The van der Waals surface area contributed by atoms with Gasteiger partial charge in [0.15, 0.2) is 0 Å². The van der Waals surface area contributed by atoms with Crippen molar-refractivity contribution < 1.29 is 4.74 Å². The van der Waals surface area contributed by atoms with E-state index in [9.17, 15) is 0 Å². The van der Waals surface area contributed by atoms with E-state index in [0.717, 1.165) is 5.75 Å². The molecule has 1 aromatic rings. The van der Waals surface area contributed by atoms with Crippen LogP contribution in [0.3, 0.4) is 0 Å². The zero-order valence-corrected chi connectivity index (χ0v) is 7.34. The molecule has 0 spiro atoms. The van der Waals surface area contributed by atoms with Crippen LogP contribution in [0.5, 0.6) is 5.75 Å². The fourth-order valence-corrected chi connectivity index (χ4v) is 0.953. The Labute approximate surface area is 73.5 Å². The van der Waals surface area contributed by atoms with Crippen LogP contribution in [0.25, 0.3) is 0 Å². The normalized spacial score (nSPS) is 8.73. The highest BCUT2D eigenvalue weighted by Crippen LogP contribution is 2.11. The number of benzene rings is 1. The molecule has 0 aliphatic heterocycles. The highest BCUT2D eigenvalue weighted by Gasteiger charge is 1.91. The molecule has 0 aliphatic carbocycles. The third kappa shape index (κ3) is 2.24. The number of alkyl halides is 1. The van der Waals surface area contributed by atoms with Crippen LogP contribution in [-0.2, 0) is 0 Å². The largest absolute Gasteiger partial charge is 0.482 e. The summed E-state index contributed by atoms with van der Waals surface area (Å²) in [5.41, 5.74) is 1.12. The first-order valence-corrected chi connectivity index (χ1v) is 4.18. The lowest BCUT2D eigenvalue weighted by atomic mass is 10.2. The van der Waals surface area contributed by atoms with E-state index in [1.54, 1.807) is 24.3 Å². The van der Waals surface area contributed by atoms with Gasteiger partial charge >= 0.3 is 0 Å². The number of hydrogen-bond acceptors (Lipinski definition) is 2. The summed E-state index contributed by atoms with van der Waals surface area (Å²) in [4.78, 5) is 0. The standard InChI is InChI=1S/C8H6BrNO/c9-6-11-8-3-1-7(5-10)2-4-8/h1-4H,6H2. The second-order valence-electron chi connectivity index (χ2n) is 1.89. The van der Waals surface area contributed by atoms with Crippen LogP contribution < -0.4 is 4.74 Å². The van der Waals surface area contributed by atoms with E-state index in [4.69, 9.17) is 10.00 Å². The van der Waals surface area contributed by atoms with E-state index in [1.165, 1.54) is 0 Å². The van der Waals surface area contributed by atoms with E-state index in [-0.39, 0.29) is 0 Å². The smallest absolute Gasteiger partial charge is 0.143 e. The van der Waals surface area contributed by atoms with Gasteiger partial charge in [-0.05, 0) is 40.2 Å². The van der Waals surface area contributed by atoms with Crippen LogP contribution in [0.15, 0.2) is 24.3 Å². The highest BCUT2D eigenvalue weighted by atomic mass is 79.9. The number of nitriles is 1. The van der Waals surface area contributed by atoms with Crippen LogP contribution in [0.2, 0.25) is 0 Å². The fraction of sp³-hybridized carbons (Fsp3) is 0.125. The van der Waals surface area contributed by atoms with Crippen LogP contribution in [0.1, 0.15) is 5.56 Å². The molecule has 2 nitrogen and oxygen atoms in total.